The number of nitrogens with one attached hydrogen (secondary N) is 1. The van der Waals surface area contributed by atoms with E-state index in [1.165, 1.54) is 15.4 Å². The van der Waals surface area contributed by atoms with Gasteiger partial charge in [0.05, 0.1) is 11.1 Å². The van der Waals surface area contributed by atoms with Gasteiger partial charge < -0.3 is 0 Å². The summed E-state index contributed by atoms with van der Waals surface area (Å²) in [4.78, 5) is 7.19. The monoisotopic (exact) mass is 361 g/mol. The molecule has 0 aliphatic heterocycles. The Hall–Kier alpha value is -2.50. The van der Waals surface area contributed by atoms with Crippen LogP contribution in [0.2, 0.25) is 0 Å². The predicted molar refractivity (Wildman–Crippen MR) is 104 cm³/mol. The summed E-state index contributed by atoms with van der Waals surface area (Å²) in [5, 5.41) is 12.1. The zero-order chi connectivity index (χ0) is 16.7. The van der Waals surface area contributed by atoms with Crippen LogP contribution in [0.4, 0.5) is 0 Å². The van der Waals surface area contributed by atoms with Crippen LogP contribution >= 0.6 is 22.7 Å². The first kappa shape index (κ1) is 14.8. The lowest BCUT2D eigenvalue weighted by Gasteiger charge is -2.31. The SMILES string of the molecule is C1=CC(c2cccs2)(c2cccs2)Cc2[nH]nc(-c3ccccn3)c21. The minimum Gasteiger partial charge on any atom is -0.281 e. The van der Waals surface area contributed by atoms with E-state index < -0.39 is 0 Å². The number of hydrogen-bond donors (Lipinski definition) is 1. The number of pyridine rings is 1. The molecule has 5 heteroatoms. The first-order chi connectivity index (χ1) is 12.4. The second-order valence-corrected chi connectivity index (χ2v) is 8.01. The fraction of sp³-hybridized carbons (Fsp3) is 0.100. The number of allylic oxidation sites excluding steroid dienone is 1. The molecule has 4 heterocycles. The summed E-state index contributed by atoms with van der Waals surface area (Å²) in [6.45, 7) is 0. The van der Waals surface area contributed by atoms with Crippen molar-refractivity contribution in [2.75, 3.05) is 0 Å². The number of hydrogen-bond acceptors (Lipinski definition) is 4. The minimum absolute atomic E-state index is 0.108. The number of H-pyrrole nitrogens is 1. The first-order valence-electron chi connectivity index (χ1n) is 8.13. The predicted octanol–water partition coefficient (Wildman–Crippen LogP) is 5.15. The van der Waals surface area contributed by atoms with Gasteiger partial charge in [0.2, 0.25) is 0 Å². The molecule has 0 unspecified atom stereocenters. The van der Waals surface area contributed by atoms with E-state index in [2.05, 4.69) is 62.4 Å². The molecule has 0 radical (unpaired) electrons. The van der Waals surface area contributed by atoms with Crippen molar-refractivity contribution in [2.45, 2.75) is 11.8 Å². The molecule has 0 saturated carbocycles. The highest BCUT2D eigenvalue weighted by atomic mass is 32.1. The third-order valence-electron chi connectivity index (χ3n) is 4.70. The molecule has 1 aliphatic carbocycles. The topological polar surface area (TPSA) is 41.6 Å². The van der Waals surface area contributed by atoms with Gasteiger partial charge in [-0.1, -0.05) is 30.4 Å². The number of aromatic amines is 1. The molecule has 1 N–H and O–H groups in total. The van der Waals surface area contributed by atoms with Gasteiger partial charge in [0.25, 0.3) is 0 Å². The largest absolute Gasteiger partial charge is 0.281 e. The fourth-order valence-electron chi connectivity index (χ4n) is 3.49. The molecule has 3 nitrogen and oxygen atoms in total. The van der Waals surface area contributed by atoms with Gasteiger partial charge in [-0.05, 0) is 35.0 Å². The van der Waals surface area contributed by atoms with E-state index in [1.807, 2.05) is 47.1 Å². The first-order valence-corrected chi connectivity index (χ1v) is 9.89. The Morgan fingerprint density at radius 3 is 2.40 bits per heavy atom. The van der Waals surface area contributed by atoms with Crippen molar-refractivity contribution in [3.05, 3.63) is 86.5 Å². The van der Waals surface area contributed by atoms with Gasteiger partial charge in [-0.3, -0.25) is 10.1 Å². The average molecular weight is 361 g/mol. The van der Waals surface area contributed by atoms with Crippen LogP contribution in [0.1, 0.15) is 21.0 Å². The fourth-order valence-corrected chi connectivity index (χ4v) is 5.39. The van der Waals surface area contributed by atoms with Crippen LogP contribution in [0.5, 0.6) is 0 Å². The minimum atomic E-state index is -0.108. The molecule has 4 aromatic heterocycles. The summed E-state index contributed by atoms with van der Waals surface area (Å²) in [6, 6.07) is 14.7. The normalized spacial score (nSPS) is 15.2. The van der Waals surface area contributed by atoms with Gasteiger partial charge >= 0.3 is 0 Å². The lowest BCUT2D eigenvalue weighted by atomic mass is 9.75. The summed E-state index contributed by atoms with van der Waals surface area (Å²) in [5.41, 5.74) is 4.05. The third-order valence-corrected chi connectivity index (χ3v) is 6.80. The smallest absolute Gasteiger partial charge is 0.118 e. The molecule has 0 saturated heterocycles. The van der Waals surface area contributed by atoms with E-state index in [0.29, 0.717) is 0 Å². The summed E-state index contributed by atoms with van der Waals surface area (Å²) >= 11 is 3.63. The molecule has 0 aromatic carbocycles. The van der Waals surface area contributed by atoms with Crippen molar-refractivity contribution in [1.82, 2.24) is 15.2 Å². The number of nitrogens with zero attached hydrogens (tertiary/aromatic N) is 2. The zero-order valence-electron chi connectivity index (χ0n) is 13.3. The van der Waals surface area contributed by atoms with Crippen LogP contribution in [0.25, 0.3) is 17.5 Å². The average Bonchev–Trinajstić information content (AvgIpc) is 3.43. The van der Waals surface area contributed by atoms with E-state index >= 15 is 0 Å². The van der Waals surface area contributed by atoms with Gasteiger partial charge in [-0.25, -0.2) is 0 Å². The summed E-state index contributed by atoms with van der Waals surface area (Å²) in [5.74, 6) is 0. The summed E-state index contributed by atoms with van der Waals surface area (Å²) < 4.78 is 0. The molecule has 122 valence electrons. The molecule has 5 rings (SSSR count). The van der Waals surface area contributed by atoms with Crippen LogP contribution in [-0.2, 0) is 11.8 Å². The van der Waals surface area contributed by atoms with Crippen LogP contribution in [0.3, 0.4) is 0 Å². The van der Waals surface area contributed by atoms with Crippen LogP contribution in [0, 0.1) is 0 Å². The van der Waals surface area contributed by atoms with Crippen molar-refractivity contribution in [2.24, 2.45) is 0 Å². The van der Waals surface area contributed by atoms with Gasteiger partial charge in [0.1, 0.15) is 5.69 Å². The Labute approximate surface area is 153 Å². The van der Waals surface area contributed by atoms with E-state index in [4.69, 9.17) is 0 Å². The Balaban J connectivity index is 1.65. The van der Waals surface area contributed by atoms with Crippen molar-refractivity contribution < 1.29 is 0 Å². The molecule has 0 bridgehead atoms. The highest BCUT2D eigenvalue weighted by molar-refractivity contribution is 7.11. The second-order valence-electron chi connectivity index (χ2n) is 6.12. The summed E-state index contributed by atoms with van der Waals surface area (Å²) in [6.07, 6.45) is 7.25. The molecular weight excluding hydrogens is 346 g/mol. The molecule has 1 aliphatic rings. The van der Waals surface area contributed by atoms with Crippen LogP contribution in [0.15, 0.2) is 65.5 Å². The van der Waals surface area contributed by atoms with Crippen molar-refractivity contribution in [3.63, 3.8) is 0 Å². The zero-order valence-corrected chi connectivity index (χ0v) is 15.0. The molecule has 4 aromatic rings. The van der Waals surface area contributed by atoms with Gasteiger partial charge in [-0.15, -0.1) is 22.7 Å². The maximum absolute atomic E-state index is 4.56. The van der Waals surface area contributed by atoms with Gasteiger partial charge in [-0.2, -0.15) is 5.10 Å². The van der Waals surface area contributed by atoms with Crippen molar-refractivity contribution in [1.29, 1.82) is 0 Å². The van der Waals surface area contributed by atoms with Crippen molar-refractivity contribution >= 4 is 28.7 Å². The molecule has 25 heavy (non-hydrogen) atoms. The number of rotatable bonds is 3. The molecule has 0 atom stereocenters. The Morgan fingerprint density at radius 2 is 1.76 bits per heavy atom. The molecule has 0 spiro atoms. The molecule has 0 amide bonds. The van der Waals surface area contributed by atoms with E-state index in [1.54, 1.807) is 0 Å². The Kier molecular flexibility index (Phi) is 3.43. The van der Waals surface area contributed by atoms with E-state index in [-0.39, 0.29) is 5.41 Å². The van der Waals surface area contributed by atoms with E-state index in [9.17, 15) is 0 Å². The number of thiophene rings is 2. The maximum Gasteiger partial charge on any atom is 0.118 e. The van der Waals surface area contributed by atoms with E-state index in [0.717, 1.165) is 23.4 Å². The van der Waals surface area contributed by atoms with Crippen LogP contribution < -0.4 is 0 Å². The third kappa shape index (κ3) is 2.31. The quantitative estimate of drug-likeness (QED) is 0.548. The Morgan fingerprint density at radius 1 is 0.960 bits per heavy atom. The molecular formula is C20H15N3S2. The number of fused-ring (bicyclic) bond motifs is 1. The van der Waals surface area contributed by atoms with Gasteiger partial charge in [0, 0.05) is 33.6 Å². The van der Waals surface area contributed by atoms with Gasteiger partial charge in [0.15, 0.2) is 0 Å². The lowest BCUT2D eigenvalue weighted by molar-refractivity contribution is 0.645. The Bertz CT molecular complexity index is 978. The standard InChI is InChI=1S/C20H15N3S2/c1-2-10-21-15(5-1)19-14-8-9-20(13-16(14)22-23-19,17-6-3-11-24-17)18-7-4-12-25-18/h1-12H,13H2,(H,22,23). The highest BCUT2D eigenvalue weighted by Crippen LogP contribution is 2.45. The van der Waals surface area contributed by atoms with Crippen molar-refractivity contribution in [3.8, 4) is 11.4 Å². The molecule has 0 fully saturated rings. The summed E-state index contributed by atoms with van der Waals surface area (Å²) in [7, 11) is 0. The highest BCUT2D eigenvalue weighted by Gasteiger charge is 2.38. The van der Waals surface area contributed by atoms with Crippen LogP contribution in [-0.4, -0.2) is 15.2 Å². The lowest BCUT2D eigenvalue weighted by Crippen LogP contribution is -2.28. The second kappa shape index (κ2) is 5.79. The number of aromatic nitrogens is 3. The maximum atomic E-state index is 4.56.